The Morgan fingerprint density at radius 3 is 2.87 bits per heavy atom. The van der Waals surface area contributed by atoms with Gasteiger partial charge in [0.1, 0.15) is 11.8 Å². The highest BCUT2D eigenvalue weighted by atomic mass is 16.3. The molecule has 0 unspecified atom stereocenters. The molecule has 1 amide bonds. The van der Waals surface area contributed by atoms with E-state index in [1.165, 1.54) is 0 Å². The predicted molar refractivity (Wildman–Crippen MR) is 87.8 cm³/mol. The fraction of sp³-hybridized carbons (Fsp3) is 0.444. The smallest absolute Gasteiger partial charge is 0.242 e. The van der Waals surface area contributed by atoms with Crippen LogP contribution in [-0.4, -0.2) is 35.4 Å². The first-order chi connectivity index (χ1) is 11.3. The molecule has 1 N–H and O–H groups in total. The number of pyridine rings is 1. The minimum absolute atomic E-state index is 0.0688. The SMILES string of the molecule is O=C(NCCCc1ccco1)[C@@H](c1cccnc1)N1CCCC1. The van der Waals surface area contributed by atoms with E-state index >= 15 is 0 Å². The Bertz CT molecular complexity index is 592. The van der Waals surface area contributed by atoms with Crippen LogP contribution in [0.15, 0.2) is 47.3 Å². The Morgan fingerprint density at radius 1 is 1.30 bits per heavy atom. The second kappa shape index (κ2) is 7.92. The average molecular weight is 313 g/mol. The molecule has 0 aromatic carbocycles. The molecule has 0 saturated carbocycles. The van der Waals surface area contributed by atoms with Gasteiger partial charge in [-0.25, -0.2) is 0 Å². The summed E-state index contributed by atoms with van der Waals surface area (Å²) < 4.78 is 5.31. The lowest BCUT2D eigenvalue weighted by molar-refractivity contribution is -0.126. The highest BCUT2D eigenvalue weighted by molar-refractivity contribution is 5.83. The Hall–Kier alpha value is -2.14. The van der Waals surface area contributed by atoms with Crippen molar-refractivity contribution in [3.05, 3.63) is 54.2 Å². The van der Waals surface area contributed by atoms with Crippen molar-refractivity contribution in [2.24, 2.45) is 0 Å². The van der Waals surface area contributed by atoms with E-state index in [0.29, 0.717) is 6.54 Å². The van der Waals surface area contributed by atoms with E-state index < -0.39 is 0 Å². The van der Waals surface area contributed by atoms with E-state index in [1.54, 1.807) is 18.7 Å². The summed E-state index contributed by atoms with van der Waals surface area (Å²) in [5, 5.41) is 3.07. The number of nitrogens with one attached hydrogen (secondary N) is 1. The summed E-state index contributed by atoms with van der Waals surface area (Å²) in [7, 11) is 0. The number of likely N-dealkylation sites (tertiary alicyclic amines) is 1. The zero-order valence-electron chi connectivity index (χ0n) is 13.3. The second-order valence-corrected chi connectivity index (χ2v) is 5.91. The first-order valence-corrected chi connectivity index (χ1v) is 8.28. The Morgan fingerprint density at radius 2 is 2.17 bits per heavy atom. The van der Waals surface area contributed by atoms with Crippen molar-refractivity contribution in [1.29, 1.82) is 0 Å². The number of carbonyl (C=O) groups is 1. The van der Waals surface area contributed by atoms with Crippen molar-refractivity contribution in [3.8, 4) is 0 Å². The quantitative estimate of drug-likeness (QED) is 0.798. The summed E-state index contributed by atoms with van der Waals surface area (Å²) in [5.74, 6) is 1.03. The monoisotopic (exact) mass is 313 g/mol. The number of amides is 1. The van der Waals surface area contributed by atoms with Gasteiger partial charge < -0.3 is 9.73 Å². The molecule has 1 aliphatic heterocycles. The lowest BCUT2D eigenvalue weighted by atomic mass is 10.1. The van der Waals surface area contributed by atoms with Crippen molar-refractivity contribution in [1.82, 2.24) is 15.2 Å². The number of furan rings is 1. The average Bonchev–Trinajstić information content (AvgIpc) is 3.27. The highest BCUT2D eigenvalue weighted by Gasteiger charge is 2.29. The molecule has 0 bridgehead atoms. The van der Waals surface area contributed by atoms with E-state index in [4.69, 9.17) is 4.42 Å². The van der Waals surface area contributed by atoms with Crippen LogP contribution in [0, 0.1) is 0 Å². The van der Waals surface area contributed by atoms with Gasteiger partial charge in [-0.3, -0.25) is 14.7 Å². The van der Waals surface area contributed by atoms with Crippen molar-refractivity contribution in [2.75, 3.05) is 19.6 Å². The van der Waals surface area contributed by atoms with Gasteiger partial charge in [-0.05, 0) is 56.1 Å². The predicted octanol–water partition coefficient (Wildman–Crippen LogP) is 2.56. The molecule has 2 aromatic heterocycles. The van der Waals surface area contributed by atoms with E-state index in [1.807, 2.05) is 24.3 Å². The number of nitrogens with zero attached hydrogens (tertiary/aromatic N) is 2. The van der Waals surface area contributed by atoms with Crippen molar-refractivity contribution in [2.45, 2.75) is 31.7 Å². The van der Waals surface area contributed by atoms with Crippen LogP contribution >= 0.6 is 0 Å². The van der Waals surface area contributed by atoms with Gasteiger partial charge in [0.2, 0.25) is 5.91 Å². The molecule has 1 saturated heterocycles. The summed E-state index contributed by atoms with van der Waals surface area (Å²) in [6.07, 6.45) is 9.25. The van der Waals surface area contributed by atoms with Crippen molar-refractivity contribution in [3.63, 3.8) is 0 Å². The molecule has 122 valence electrons. The Labute approximate surface area is 136 Å². The number of hydrogen-bond acceptors (Lipinski definition) is 4. The summed E-state index contributed by atoms with van der Waals surface area (Å²) >= 11 is 0. The summed E-state index contributed by atoms with van der Waals surface area (Å²) in [4.78, 5) is 19.1. The molecule has 3 rings (SSSR count). The molecule has 3 heterocycles. The number of rotatable bonds is 7. The van der Waals surface area contributed by atoms with Crippen LogP contribution < -0.4 is 5.32 Å². The van der Waals surface area contributed by atoms with Crippen LogP contribution in [0.3, 0.4) is 0 Å². The lowest BCUT2D eigenvalue weighted by Gasteiger charge is -2.26. The summed E-state index contributed by atoms with van der Waals surface area (Å²) in [5.41, 5.74) is 0.970. The van der Waals surface area contributed by atoms with Crippen LogP contribution in [0.2, 0.25) is 0 Å². The van der Waals surface area contributed by atoms with E-state index in [2.05, 4.69) is 15.2 Å². The van der Waals surface area contributed by atoms with Crippen LogP contribution in [0.4, 0.5) is 0 Å². The highest BCUT2D eigenvalue weighted by Crippen LogP contribution is 2.24. The van der Waals surface area contributed by atoms with Crippen LogP contribution in [0.5, 0.6) is 0 Å². The summed E-state index contributed by atoms with van der Waals surface area (Å²) in [6, 6.07) is 7.50. The fourth-order valence-electron chi connectivity index (χ4n) is 3.09. The molecule has 2 aromatic rings. The van der Waals surface area contributed by atoms with E-state index in [0.717, 1.165) is 50.1 Å². The second-order valence-electron chi connectivity index (χ2n) is 5.91. The third-order valence-electron chi connectivity index (χ3n) is 4.23. The Kier molecular flexibility index (Phi) is 5.42. The minimum Gasteiger partial charge on any atom is -0.469 e. The van der Waals surface area contributed by atoms with Gasteiger partial charge in [0.15, 0.2) is 0 Å². The molecule has 1 fully saturated rings. The number of aromatic nitrogens is 1. The molecular formula is C18H23N3O2. The third-order valence-corrected chi connectivity index (χ3v) is 4.23. The molecule has 0 radical (unpaired) electrons. The van der Waals surface area contributed by atoms with E-state index in [9.17, 15) is 4.79 Å². The van der Waals surface area contributed by atoms with Gasteiger partial charge in [-0.1, -0.05) is 6.07 Å². The molecule has 5 heteroatoms. The van der Waals surface area contributed by atoms with Gasteiger partial charge in [0, 0.05) is 25.4 Å². The van der Waals surface area contributed by atoms with E-state index in [-0.39, 0.29) is 11.9 Å². The largest absolute Gasteiger partial charge is 0.469 e. The first-order valence-electron chi connectivity index (χ1n) is 8.28. The van der Waals surface area contributed by atoms with Gasteiger partial charge in [-0.2, -0.15) is 0 Å². The van der Waals surface area contributed by atoms with Crippen LogP contribution in [-0.2, 0) is 11.2 Å². The molecule has 23 heavy (non-hydrogen) atoms. The standard InChI is InChI=1S/C18H23N3O2/c22-18(20-10-4-7-16-8-5-13-23-16)17(21-11-1-2-12-21)15-6-3-9-19-14-15/h3,5-6,8-9,13-14,17H,1-2,4,7,10-12H2,(H,20,22)/t17-/m1/s1. The number of aryl methyl sites for hydroxylation is 1. The van der Waals surface area contributed by atoms with Gasteiger partial charge in [0.05, 0.1) is 6.26 Å². The lowest BCUT2D eigenvalue weighted by Crippen LogP contribution is -2.39. The topological polar surface area (TPSA) is 58.4 Å². The zero-order valence-corrected chi connectivity index (χ0v) is 13.3. The maximum atomic E-state index is 12.7. The first kappa shape index (κ1) is 15.7. The fourth-order valence-corrected chi connectivity index (χ4v) is 3.09. The van der Waals surface area contributed by atoms with Crippen LogP contribution in [0.1, 0.15) is 36.6 Å². The van der Waals surface area contributed by atoms with Gasteiger partial charge >= 0.3 is 0 Å². The summed E-state index contributed by atoms with van der Waals surface area (Å²) in [6.45, 7) is 2.60. The number of hydrogen-bond donors (Lipinski definition) is 1. The minimum atomic E-state index is -0.227. The van der Waals surface area contributed by atoms with Gasteiger partial charge in [-0.15, -0.1) is 0 Å². The normalized spacial score (nSPS) is 16.3. The Balaban J connectivity index is 1.56. The van der Waals surface area contributed by atoms with Crippen molar-refractivity contribution < 1.29 is 9.21 Å². The molecular weight excluding hydrogens is 290 g/mol. The number of carbonyl (C=O) groups excluding carboxylic acids is 1. The molecule has 5 nitrogen and oxygen atoms in total. The maximum Gasteiger partial charge on any atom is 0.242 e. The molecule has 1 atom stereocenters. The van der Waals surface area contributed by atoms with Crippen LogP contribution in [0.25, 0.3) is 0 Å². The third kappa shape index (κ3) is 4.20. The molecule has 1 aliphatic rings. The maximum absolute atomic E-state index is 12.7. The molecule has 0 aliphatic carbocycles. The van der Waals surface area contributed by atoms with Gasteiger partial charge in [0.25, 0.3) is 0 Å². The molecule has 0 spiro atoms. The van der Waals surface area contributed by atoms with Crippen molar-refractivity contribution >= 4 is 5.91 Å². The zero-order chi connectivity index (χ0) is 15.9.